The average Bonchev–Trinajstić information content (AvgIpc) is 3.04. The fraction of sp³-hybridized carbons (Fsp3) is 0.353. The van der Waals surface area contributed by atoms with Gasteiger partial charge in [0.25, 0.3) is 0 Å². The number of nitrogen functional groups attached to an aromatic ring is 1. The fourth-order valence-corrected chi connectivity index (χ4v) is 4.39. The minimum atomic E-state index is 0.216. The van der Waals surface area contributed by atoms with Crippen molar-refractivity contribution in [1.82, 2.24) is 19.9 Å². The van der Waals surface area contributed by atoms with Crippen molar-refractivity contribution >= 4 is 44.9 Å². The molecule has 1 aromatic carbocycles. The van der Waals surface area contributed by atoms with E-state index in [9.17, 15) is 0 Å². The van der Waals surface area contributed by atoms with Crippen molar-refractivity contribution in [2.24, 2.45) is 0 Å². The van der Waals surface area contributed by atoms with Gasteiger partial charge in [0.1, 0.15) is 16.0 Å². The third-order valence-corrected chi connectivity index (χ3v) is 5.95. The maximum absolute atomic E-state index is 5.99. The van der Waals surface area contributed by atoms with Gasteiger partial charge in [-0.15, -0.1) is 11.3 Å². The molecule has 3 heterocycles. The van der Waals surface area contributed by atoms with Crippen molar-refractivity contribution in [3.05, 3.63) is 40.5 Å². The van der Waals surface area contributed by atoms with Gasteiger partial charge in [-0.05, 0) is 19.1 Å². The van der Waals surface area contributed by atoms with Gasteiger partial charge in [-0.3, -0.25) is 4.90 Å². The number of nitrogens with two attached hydrogens (primary N) is 1. The molecule has 0 unspecified atom stereocenters. The van der Waals surface area contributed by atoms with Crippen LogP contribution in [0.25, 0.3) is 10.2 Å². The molecule has 1 fully saturated rings. The number of hydrogen-bond acceptors (Lipinski definition) is 7. The number of benzene rings is 1. The molecule has 130 valence electrons. The smallest absolute Gasteiger partial charge is 0.223 e. The van der Waals surface area contributed by atoms with E-state index in [1.54, 1.807) is 17.4 Å². The summed E-state index contributed by atoms with van der Waals surface area (Å²) in [5, 5.41) is 1.55. The van der Waals surface area contributed by atoms with Gasteiger partial charge >= 0.3 is 0 Å². The van der Waals surface area contributed by atoms with Crippen LogP contribution in [0, 0.1) is 0 Å². The molecular weight excluding hydrogens is 356 g/mol. The summed E-state index contributed by atoms with van der Waals surface area (Å²) >= 11 is 7.77. The van der Waals surface area contributed by atoms with Crippen molar-refractivity contribution in [2.75, 3.05) is 36.8 Å². The molecule has 0 amide bonds. The number of rotatable bonds is 3. The van der Waals surface area contributed by atoms with Crippen molar-refractivity contribution in [2.45, 2.75) is 13.0 Å². The van der Waals surface area contributed by atoms with E-state index in [0.29, 0.717) is 11.2 Å². The first-order valence-corrected chi connectivity index (χ1v) is 9.44. The Kier molecular flexibility index (Phi) is 4.45. The van der Waals surface area contributed by atoms with E-state index in [1.165, 1.54) is 9.71 Å². The number of hydrogen-bond donors (Lipinski definition) is 1. The number of piperazine rings is 1. The summed E-state index contributed by atoms with van der Waals surface area (Å²) in [5.74, 6) is 1.01. The van der Waals surface area contributed by atoms with Crippen LogP contribution < -0.4 is 10.6 Å². The molecule has 0 aliphatic carbocycles. The maximum atomic E-state index is 5.99. The number of para-hydroxylation sites is 1. The quantitative estimate of drug-likeness (QED) is 0.710. The van der Waals surface area contributed by atoms with Gasteiger partial charge in [0, 0.05) is 32.2 Å². The number of halogens is 1. The van der Waals surface area contributed by atoms with E-state index in [0.717, 1.165) is 37.5 Å². The second-order valence-corrected chi connectivity index (χ2v) is 7.58. The molecule has 25 heavy (non-hydrogen) atoms. The summed E-state index contributed by atoms with van der Waals surface area (Å²) in [6.07, 6.45) is 0. The van der Waals surface area contributed by atoms with E-state index >= 15 is 0 Å². The summed E-state index contributed by atoms with van der Waals surface area (Å²) in [4.78, 5) is 17.7. The molecule has 1 atom stereocenters. The third kappa shape index (κ3) is 3.40. The number of anilines is 2. The van der Waals surface area contributed by atoms with Crippen LogP contribution in [0.15, 0.2) is 30.3 Å². The molecular formula is C17H19ClN6S. The second kappa shape index (κ2) is 6.74. The van der Waals surface area contributed by atoms with Crippen molar-refractivity contribution in [3.8, 4) is 0 Å². The zero-order valence-corrected chi connectivity index (χ0v) is 15.5. The van der Waals surface area contributed by atoms with Gasteiger partial charge in [0.2, 0.25) is 5.95 Å². The van der Waals surface area contributed by atoms with Gasteiger partial charge in [-0.1, -0.05) is 23.7 Å². The summed E-state index contributed by atoms with van der Waals surface area (Å²) in [6.45, 7) is 5.87. The molecule has 6 nitrogen and oxygen atoms in total. The summed E-state index contributed by atoms with van der Waals surface area (Å²) in [5.41, 5.74) is 6.79. The van der Waals surface area contributed by atoms with Gasteiger partial charge in [-0.25, -0.2) is 9.97 Å². The Morgan fingerprint density at radius 2 is 1.88 bits per heavy atom. The maximum Gasteiger partial charge on any atom is 0.223 e. The van der Waals surface area contributed by atoms with Crippen LogP contribution in [-0.4, -0.2) is 46.0 Å². The number of aromatic nitrogens is 3. The van der Waals surface area contributed by atoms with Gasteiger partial charge in [-0.2, -0.15) is 4.98 Å². The highest BCUT2D eigenvalue weighted by molar-refractivity contribution is 7.18. The first-order valence-electron chi connectivity index (χ1n) is 8.24. The number of fused-ring (bicyclic) bond motifs is 1. The lowest BCUT2D eigenvalue weighted by Crippen LogP contribution is -2.47. The van der Waals surface area contributed by atoms with Gasteiger partial charge in [0.05, 0.1) is 16.3 Å². The molecule has 0 bridgehead atoms. The van der Waals surface area contributed by atoms with Gasteiger partial charge in [0.15, 0.2) is 0 Å². The molecule has 1 saturated heterocycles. The molecule has 1 aliphatic heterocycles. The number of nitrogens with zero attached hydrogens (tertiary/aromatic N) is 5. The van der Waals surface area contributed by atoms with Crippen molar-refractivity contribution in [3.63, 3.8) is 0 Å². The summed E-state index contributed by atoms with van der Waals surface area (Å²) in [7, 11) is 0. The highest BCUT2D eigenvalue weighted by Gasteiger charge is 2.25. The third-order valence-electron chi connectivity index (χ3n) is 4.55. The lowest BCUT2D eigenvalue weighted by Gasteiger charge is -2.37. The predicted molar refractivity (Wildman–Crippen MR) is 103 cm³/mol. The Balaban J connectivity index is 1.45. The van der Waals surface area contributed by atoms with Crippen molar-refractivity contribution < 1.29 is 0 Å². The minimum absolute atomic E-state index is 0.216. The first-order chi connectivity index (χ1) is 12.1. The van der Waals surface area contributed by atoms with E-state index < -0.39 is 0 Å². The Hall–Kier alpha value is -1.96. The summed E-state index contributed by atoms with van der Waals surface area (Å²) < 4.78 is 1.24. The zero-order valence-electron chi connectivity index (χ0n) is 13.9. The monoisotopic (exact) mass is 374 g/mol. The molecule has 0 spiro atoms. The molecule has 0 saturated carbocycles. The SMILES string of the molecule is C[C@H](c1nc2ccccc2s1)N1CCN(c2cc(Cl)nc(N)n2)CC1. The second-order valence-electron chi connectivity index (χ2n) is 6.13. The molecule has 1 aliphatic rings. The lowest BCUT2D eigenvalue weighted by molar-refractivity contribution is 0.198. The van der Waals surface area contributed by atoms with Crippen LogP contribution >= 0.6 is 22.9 Å². The zero-order chi connectivity index (χ0) is 17.4. The highest BCUT2D eigenvalue weighted by Crippen LogP contribution is 2.30. The molecule has 3 aromatic rings. The van der Waals surface area contributed by atoms with Gasteiger partial charge < -0.3 is 10.6 Å². The Morgan fingerprint density at radius 3 is 2.60 bits per heavy atom. The van der Waals surface area contributed by atoms with Crippen molar-refractivity contribution in [1.29, 1.82) is 0 Å². The van der Waals surface area contributed by atoms with E-state index in [4.69, 9.17) is 22.3 Å². The minimum Gasteiger partial charge on any atom is -0.368 e. The molecule has 2 N–H and O–H groups in total. The summed E-state index contributed by atoms with van der Waals surface area (Å²) in [6, 6.07) is 10.4. The molecule has 0 radical (unpaired) electrons. The van der Waals surface area contributed by atoms with E-state index in [1.807, 2.05) is 6.07 Å². The first kappa shape index (κ1) is 16.5. The Bertz CT molecular complexity index is 836. The molecule has 4 rings (SSSR count). The van der Waals surface area contributed by atoms with Crippen LogP contribution in [0.4, 0.5) is 11.8 Å². The molecule has 2 aromatic heterocycles. The molecule has 8 heteroatoms. The van der Waals surface area contributed by atoms with Crippen LogP contribution in [0.2, 0.25) is 5.15 Å². The van der Waals surface area contributed by atoms with E-state index in [-0.39, 0.29) is 5.95 Å². The lowest BCUT2D eigenvalue weighted by atomic mass is 10.2. The Labute approximate surface area is 155 Å². The fourth-order valence-electron chi connectivity index (χ4n) is 3.15. The van der Waals surface area contributed by atoms with Crippen LogP contribution in [0.1, 0.15) is 18.0 Å². The van der Waals surface area contributed by atoms with Crippen LogP contribution in [0.5, 0.6) is 0 Å². The Morgan fingerprint density at radius 1 is 1.12 bits per heavy atom. The van der Waals surface area contributed by atoms with E-state index in [2.05, 4.69) is 44.9 Å². The average molecular weight is 375 g/mol. The normalized spacial score (nSPS) is 17.1. The topological polar surface area (TPSA) is 71.2 Å². The van der Waals surface area contributed by atoms with Crippen LogP contribution in [0.3, 0.4) is 0 Å². The predicted octanol–water partition coefficient (Wildman–Crippen LogP) is 3.21. The highest BCUT2D eigenvalue weighted by atomic mass is 35.5. The standard InChI is InChI=1S/C17H19ClN6S/c1-11(16-20-12-4-2-3-5-13(12)25-16)23-6-8-24(9-7-23)15-10-14(18)21-17(19)22-15/h2-5,10-11H,6-9H2,1H3,(H2,19,21,22)/t11-/m1/s1. The number of thiazole rings is 1. The van der Waals surface area contributed by atoms with Crippen LogP contribution in [-0.2, 0) is 0 Å². The largest absolute Gasteiger partial charge is 0.368 e.